The Bertz CT molecular complexity index is 772. The molecule has 0 radical (unpaired) electrons. The first-order chi connectivity index (χ1) is 12.5. The number of rotatable bonds is 2. The first-order valence-electron chi connectivity index (χ1n) is 8.75. The van der Waals surface area contributed by atoms with E-state index in [4.69, 9.17) is 14.2 Å². The zero-order valence-corrected chi connectivity index (χ0v) is 14.6. The average Bonchev–Trinajstić information content (AvgIpc) is 2.98. The third kappa shape index (κ3) is 3.05. The van der Waals surface area contributed by atoms with Gasteiger partial charge in [0, 0.05) is 11.5 Å². The van der Waals surface area contributed by atoms with E-state index in [-0.39, 0.29) is 36.3 Å². The zero-order chi connectivity index (χ0) is 18.3. The van der Waals surface area contributed by atoms with E-state index in [1.54, 1.807) is 0 Å². The summed E-state index contributed by atoms with van der Waals surface area (Å²) in [6, 6.07) is 0. The lowest BCUT2D eigenvalue weighted by molar-refractivity contribution is -0.140. The number of hydrogen-bond acceptors (Lipinski definition) is 7. The van der Waals surface area contributed by atoms with Crippen LogP contribution < -0.4 is 0 Å². The number of allylic oxidation sites excluding steroid dienone is 1. The summed E-state index contributed by atoms with van der Waals surface area (Å²) < 4.78 is 17.8. The van der Waals surface area contributed by atoms with E-state index in [0.717, 1.165) is 23.1 Å². The van der Waals surface area contributed by atoms with Crippen LogP contribution in [0, 0.1) is 5.92 Å². The van der Waals surface area contributed by atoms with Crippen LogP contribution in [0.15, 0.2) is 36.5 Å². The number of carbonyl (C=O) groups excluding carboxylic acids is 2. The molecule has 0 saturated carbocycles. The molecule has 2 fully saturated rings. The molecule has 8 nitrogen and oxygen atoms in total. The van der Waals surface area contributed by atoms with Gasteiger partial charge in [-0.2, -0.15) is 4.68 Å². The van der Waals surface area contributed by atoms with Gasteiger partial charge in [0.05, 0.1) is 5.60 Å². The molecule has 1 aromatic heterocycles. The van der Waals surface area contributed by atoms with Crippen molar-refractivity contribution < 1.29 is 23.8 Å². The minimum atomic E-state index is -0.570. The second-order valence-corrected chi connectivity index (χ2v) is 7.19. The molecule has 1 aliphatic carbocycles. The van der Waals surface area contributed by atoms with Gasteiger partial charge in [-0.1, -0.05) is 12.7 Å². The third-order valence-electron chi connectivity index (χ3n) is 5.43. The van der Waals surface area contributed by atoms with Crippen LogP contribution in [-0.2, 0) is 19.0 Å². The van der Waals surface area contributed by atoms with Gasteiger partial charge in [-0.25, -0.2) is 14.6 Å². The van der Waals surface area contributed by atoms with Crippen LogP contribution in [0.1, 0.15) is 32.6 Å². The van der Waals surface area contributed by atoms with Crippen LogP contribution in [0.5, 0.6) is 0 Å². The summed E-state index contributed by atoms with van der Waals surface area (Å²) in [5.74, 6) is -0.401. The number of esters is 1. The summed E-state index contributed by atoms with van der Waals surface area (Å²) >= 11 is 0. The van der Waals surface area contributed by atoms with Crippen LogP contribution in [0.3, 0.4) is 0 Å². The minimum Gasteiger partial charge on any atom is -0.455 e. The zero-order valence-electron chi connectivity index (χ0n) is 14.6. The highest BCUT2D eigenvalue weighted by Crippen LogP contribution is 2.49. The number of aromatic nitrogens is 3. The highest BCUT2D eigenvalue weighted by Gasteiger charge is 2.61. The highest BCUT2D eigenvalue weighted by atomic mass is 16.6. The SMILES string of the molecule is C=C1C(=O)O[C@H]2[C@H]1CC/C(COC(=O)n1cncn1)=C\CC[C@@]1(C)O[C@@H]21. The summed E-state index contributed by atoms with van der Waals surface area (Å²) in [6.45, 7) is 6.13. The van der Waals surface area contributed by atoms with Crippen molar-refractivity contribution >= 4 is 12.1 Å². The third-order valence-corrected chi connectivity index (χ3v) is 5.43. The molecule has 8 heteroatoms. The van der Waals surface area contributed by atoms with Gasteiger partial charge in [0.25, 0.3) is 0 Å². The van der Waals surface area contributed by atoms with Crippen molar-refractivity contribution in [1.82, 2.24) is 14.8 Å². The molecule has 3 heterocycles. The molecule has 0 unspecified atom stereocenters. The molecule has 1 aromatic rings. The normalized spacial score (nSPS) is 35.6. The van der Waals surface area contributed by atoms with Crippen molar-refractivity contribution in [2.45, 2.75) is 50.4 Å². The first-order valence-corrected chi connectivity index (χ1v) is 8.75. The van der Waals surface area contributed by atoms with Gasteiger partial charge in [0.1, 0.15) is 31.5 Å². The van der Waals surface area contributed by atoms with E-state index in [2.05, 4.69) is 22.7 Å². The van der Waals surface area contributed by atoms with Gasteiger partial charge < -0.3 is 14.2 Å². The van der Waals surface area contributed by atoms with Gasteiger partial charge >= 0.3 is 12.1 Å². The van der Waals surface area contributed by atoms with Crippen LogP contribution in [0.4, 0.5) is 4.79 Å². The van der Waals surface area contributed by atoms with E-state index in [1.165, 1.54) is 12.7 Å². The Morgan fingerprint density at radius 3 is 3.15 bits per heavy atom. The number of ether oxygens (including phenoxy) is 3. The molecule has 0 amide bonds. The van der Waals surface area contributed by atoms with Gasteiger partial charge in [-0.15, -0.1) is 5.10 Å². The molecule has 3 aliphatic rings. The minimum absolute atomic E-state index is 0.0595. The molecule has 0 aromatic carbocycles. The molecule has 4 atom stereocenters. The van der Waals surface area contributed by atoms with Crippen molar-refractivity contribution in [2.24, 2.45) is 5.92 Å². The number of hydrogen-bond donors (Lipinski definition) is 0. The predicted octanol–water partition coefficient (Wildman–Crippen LogP) is 2.02. The van der Waals surface area contributed by atoms with Crippen LogP contribution >= 0.6 is 0 Å². The van der Waals surface area contributed by atoms with Gasteiger partial charge in [0.2, 0.25) is 0 Å². The van der Waals surface area contributed by atoms with Crippen molar-refractivity contribution in [2.75, 3.05) is 6.61 Å². The Morgan fingerprint density at radius 2 is 2.38 bits per heavy atom. The van der Waals surface area contributed by atoms with Crippen molar-refractivity contribution in [1.29, 1.82) is 0 Å². The molecule has 2 saturated heterocycles. The summed E-state index contributed by atoms with van der Waals surface area (Å²) in [4.78, 5) is 27.6. The Morgan fingerprint density at radius 1 is 1.54 bits per heavy atom. The maximum Gasteiger partial charge on any atom is 0.436 e. The van der Waals surface area contributed by atoms with Gasteiger partial charge in [0.15, 0.2) is 0 Å². The van der Waals surface area contributed by atoms with Crippen molar-refractivity contribution in [3.05, 3.63) is 36.5 Å². The predicted molar refractivity (Wildman–Crippen MR) is 89.1 cm³/mol. The summed E-state index contributed by atoms with van der Waals surface area (Å²) in [5, 5.41) is 3.76. The Balaban J connectivity index is 1.45. The van der Waals surface area contributed by atoms with Crippen LogP contribution in [-0.4, -0.2) is 51.2 Å². The largest absolute Gasteiger partial charge is 0.455 e. The second kappa shape index (κ2) is 6.35. The monoisotopic (exact) mass is 359 g/mol. The standard InChI is InChI=1S/C18H21N3O5/c1-11-13-6-5-12(8-24-17(23)21-10-19-9-20-21)4-3-7-18(2)15(26-18)14(13)25-16(11)22/h4,9-10,13-15H,1,3,5-8H2,2H3/b12-4+/t13-,14-,15-,18+/m0/s1. The molecule has 4 rings (SSSR count). The summed E-state index contributed by atoms with van der Waals surface area (Å²) in [7, 11) is 0. The molecule has 2 aliphatic heterocycles. The molecule has 138 valence electrons. The lowest BCUT2D eigenvalue weighted by Gasteiger charge is -2.20. The number of epoxide rings is 1. The van der Waals surface area contributed by atoms with Crippen molar-refractivity contribution in [3.63, 3.8) is 0 Å². The molecule has 0 spiro atoms. The lowest BCUT2D eigenvalue weighted by atomic mass is 9.84. The molecule has 0 bridgehead atoms. The number of fused-ring (bicyclic) bond motifs is 3. The Labute approximate surface area is 150 Å². The van der Waals surface area contributed by atoms with E-state index in [0.29, 0.717) is 18.4 Å². The van der Waals surface area contributed by atoms with Crippen molar-refractivity contribution in [3.8, 4) is 0 Å². The Hall–Kier alpha value is -2.48. The molecule has 0 N–H and O–H groups in total. The summed E-state index contributed by atoms with van der Waals surface area (Å²) in [6.07, 6.45) is 6.82. The smallest absolute Gasteiger partial charge is 0.436 e. The Kier molecular flexibility index (Phi) is 4.14. The molecule has 26 heavy (non-hydrogen) atoms. The van der Waals surface area contributed by atoms with Gasteiger partial charge in [-0.3, -0.25) is 0 Å². The first kappa shape index (κ1) is 17.0. The molecular formula is C18H21N3O5. The van der Waals surface area contributed by atoms with Gasteiger partial charge in [-0.05, 0) is 38.2 Å². The van der Waals surface area contributed by atoms with E-state index in [9.17, 15) is 9.59 Å². The lowest BCUT2D eigenvalue weighted by Crippen LogP contribution is -2.29. The van der Waals surface area contributed by atoms with E-state index >= 15 is 0 Å². The molecular weight excluding hydrogens is 338 g/mol. The fourth-order valence-electron chi connectivity index (χ4n) is 3.77. The fraction of sp³-hybridized carbons (Fsp3) is 0.556. The maximum atomic E-state index is 12.0. The maximum absolute atomic E-state index is 12.0. The van der Waals surface area contributed by atoms with E-state index in [1.807, 2.05) is 6.92 Å². The number of nitrogens with zero attached hydrogens (tertiary/aromatic N) is 3. The van der Waals surface area contributed by atoms with E-state index < -0.39 is 6.09 Å². The second-order valence-electron chi connectivity index (χ2n) is 7.19. The highest BCUT2D eigenvalue weighted by molar-refractivity contribution is 5.91. The topological polar surface area (TPSA) is 95.8 Å². The number of carbonyl (C=O) groups is 2. The van der Waals surface area contributed by atoms with Crippen LogP contribution in [0.2, 0.25) is 0 Å². The fourth-order valence-corrected chi connectivity index (χ4v) is 3.77. The average molecular weight is 359 g/mol. The van der Waals surface area contributed by atoms with Crippen LogP contribution in [0.25, 0.3) is 0 Å². The summed E-state index contributed by atoms with van der Waals surface area (Å²) in [5.41, 5.74) is 1.24. The quantitative estimate of drug-likeness (QED) is 0.345.